The third kappa shape index (κ3) is 4.13. The fraction of sp³-hybridized carbons (Fsp3) is 0.125. The Labute approximate surface area is 200 Å². The van der Waals surface area contributed by atoms with Crippen LogP contribution in [0.15, 0.2) is 57.5 Å². The van der Waals surface area contributed by atoms with Gasteiger partial charge >= 0.3 is 5.97 Å². The van der Waals surface area contributed by atoms with Gasteiger partial charge in [0.15, 0.2) is 5.78 Å². The van der Waals surface area contributed by atoms with Gasteiger partial charge in [-0.3, -0.25) is 19.7 Å². The zero-order valence-corrected chi connectivity index (χ0v) is 20.1. The summed E-state index contributed by atoms with van der Waals surface area (Å²) < 4.78 is 6.67. The third-order valence-electron chi connectivity index (χ3n) is 5.24. The van der Waals surface area contributed by atoms with E-state index in [-0.39, 0.29) is 46.6 Å². The van der Waals surface area contributed by atoms with E-state index in [4.69, 9.17) is 4.74 Å². The number of rotatable bonds is 5. The van der Waals surface area contributed by atoms with Gasteiger partial charge < -0.3 is 9.84 Å². The molecule has 0 fully saturated rings. The van der Waals surface area contributed by atoms with E-state index in [1.165, 1.54) is 13.0 Å². The Morgan fingerprint density at radius 3 is 2.25 bits per heavy atom. The fourth-order valence-corrected chi connectivity index (χ4v) is 5.04. The standard InChI is InChI=1S/C24H17Br2NO5/c1-12(28)32-9-8-13-10-19(17(26)11-16(13)25)27-18-6-7-20(29)22-21(18)23(30)14-4-2-3-5-15(14)24(22)31/h2-7,10-11,27,29H,8-9H2,1H3/p+1. The molecule has 6 nitrogen and oxygen atoms in total. The molecule has 8 heteroatoms. The van der Waals surface area contributed by atoms with Gasteiger partial charge in [0.2, 0.25) is 5.78 Å². The number of fused-ring (bicyclic) bond motifs is 2. The SMILES string of the molecule is CC(=O)OCCc1cc([NH2+]c2ccc(O)c3c2C(=O)c2ccccc2C3=O)c(Br)cc1Br. The fourth-order valence-electron chi connectivity index (χ4n) is 3.74. The van der Waals surface area contributed by atoms with Crippen LogP contribution in [0, 0.1) is 0 Å². The van der Waals surface area contributed by atoms with E-state index in [1.807, 2.05) is 12.1 Å². The van der Waals surface area contributed by atoms with Crippen LogP contribution in [-0.4, -0.2) is 29.2 Å². The molecule has 1 aliphatic rings. The van der Waals surface area contributed by atoms with Crippen LogP contribution in [0.2, 0.25) is 0 Å². The number of nitrogens with two attached hydrogens (primary N) is 1. The molecule has 162 valence electrons. The van der Waals surface area contributed by atoms with Crippen LogP contribution in [0.5, 0.6) is 5.75 Å². The van der Waals surface area contributed by atoms with Crippen molar-refractivity contribution in [2.75, 3.05) is 6.61 Å². The Bertz CT molecular complexity index is 1290. The molecule has 3 N–H and O–H groups in total. The number of ketones is 2. The Kier molecular flexibility index (Phi) is 6.28. The number of aromatic hydroxyl groups is 1. The minimum absolute atomic E-state index is 0.0192. The van der Waals surface area contributed by atoms with E-state index in [1.54, 1.807) is 35.6 Å². The summed E-state index contributed by atoms with van der Waals surface area (Å²) >= 11 is 7.07. The molecule has 0 heterocycles. The van der Waals surface area contributed by atoms with Crippen molar-refractivity contribution in [2.45, 2.75) is 13.3 Å². The molecule has 1 aliphatic carbocycles. The van der Waals surface area contributed by atoms with Crippen LogP contribution in [-0.2, 0) is 16.0 Å². The minimum Gasteiger partial charge on any atom is -0.507 e. The normalized spacial score (nSPS) is 12.3. The predicted octanol–water partition coefficient (Wildman–Crippen LogP) is 4.32. The summed E-state index contributed by atoms with van der Waals surface area (Å²) in [6.45, 7) is 1.60. The average molecular weight is 560 g/mol. The molecular formula is C24H18Br2NO5+. The first-order chi connectivity index (χ1) is 15.3. The number of carbonyl (C=O) groups excluding carboxylic acids is 3. The van der Waals surface area contributed by atoms with Crippen LogP contribution in [0.4, 0.5) is 11.4 Å². The lowest BCUT2D eigenvalue weighted by Crippen LogP contribution is -2.72. The Morgan fingerprint density at radius 1 is 0.938 bits per heavy atom. The van der Waals surface area contributed by atoms with Gasteiger partial charge in [-0.1, -0.05) is 40.2 Å². The molecule has 4 rings (SSSR count). The number of hydrogen-bond donors (Lipinski definition) is 2. The Morgan fingerprint density at radius 2 is 1.59 bits per heavy atom. The summed E-state index contributed by atoms with van der Waals surface area (Å²) in [5.41, 5.74) is 3.03. The van der Waals surface area contributed by atoms with Crippen molar-refractivity contribution in [2.24, 2.45) is 0 Å². The number of benzene rings is 3. The number of ether oxygens (including phenoxy) is 1. The van der Waals surface area contributed by atoms with Crippen LogP contribution in [0.1, 0.15) is 44.3 Å². The maximum atomic E-state index is 13.3. The van der Waals surface area contributed by atoms with Crippen LogP contribution in [0.3, 0.4) is 0 Å². The summed E-state index contributed by atoms with van der Waals surface area (Å²) in [5.74, 6) is -1.24. The summed E-state index contributed by atoms with van der Waals surface area (Å²) in [6, 6.07) is 13.5. The second kappa shape index (κ2) is 8.97. The highest BCUT2D eigenvalue weighted by molar-refractivity contribution is 9.11. The quantitative estimate of drug-likeness (QED) is 0.215. The van der Waals surface area contributed by atoms with Crippen molar-refractivity contribution in [3.8, 4) is 5.75 Å². The molecule has 0 aliphatic heterocycles. The average Bonchev–Trinajstić information content (AvgIpc) is 2.75. The maximum Gasteiger partial charge on any atom is 0.302 e. The lowest BCUT2D eigenvalue weighted by molar-refractivity contribution is -0.479. The molecule has 3 aromatic carbocycles. The number of phenols is 1. The van der Waals surface area contributed by atoms with Crippen molar-refractivity contribution in [1.29, 1.82) is 0 Å². The van der Waals surface area contributed by atoms with E-state index >= 15 is 0 Å². The van der Waals surface area contributed by atoms with Crippen molar-refractivity contribution in [3.05, 3.63) is 85.3 Å². The number of quaternary nitrogens is 1. The van der Waals surface area contributed by atoms with E-state index in [0.29, 0.717) is 17.7 Å². The lowest BCUT2D eigenvalue weighted by atomic mass is 9.82. The van der Waals surface area contributed by atoms with Crippen molar-refractivity contribution < 1.29 is 29.5 Å². The van der Waals surface area contributed by atoms with Crippen molar-refractivity contribution in [3.63, 3.8) is 0 Å². The highest BCUT2D eigenvalue weighted by Crippen LogP contribution is 2.36. The molecule has 0 saturated carbocycles. The molecular weight excluding hydrogens is 542 g/mol. The summed E-state index contributed by atoms with van der Waals surface area (Å²) in [4.78, 5) is 37.4. The monoisotopic (exact) mass is 558 g/mol. The number of esters is 1. The molecule has 32 heavy (non-hydrogen) atoms. The smallest absolute Gasteiger partial charge is 0.302 e. The molecule has 0 amide bonds. The lowest BCUT2D eigenvalue weighted by Gasteiger charge is -2.20. The van der Waals surface area contributed by atoms with Crippen LogP contribution < -0.4 is 5.32 Å². The van der Waals surface area contributed by atoms with Gasteiger partial charge in [0.05, 0.1) is 22.2 Å². The molecule has 0 bridgehead atoms. The molecule has 0 unspecified atom stereocenters. The predicted molar refractivity (Wildman–Crippen MR) is 125 cm³/mol. The number of halogens is 2. The highest BCUT2D eigenvalue weighted by atomic mass is 79.9. The summed E-state index contributed by atoms with van der Waals surface area (Å²) in [5, 5.41) is 12.2. The van der Waals surface area contributed by atoms with E-state index in [9.17, 15) is 19.5 Å². The van der Waals surface area contributed by atoms with Crippen LogP contribution >= 0.6 is 31.9 Å². The minimum atomic E-state index is -0.375. The molecule has 0 aromatic heterocycles. The van der Waals surface area contributed by atoms with Gasteiger partial charge in [-0.25, -0.2) is 0 Å². The number of hydrogen-bond acceptors (Lipinski definition) is 5. The molecule has 3 aromatic rings. The summed E-state index contributed by atoms with van der Waals surface area (Å²) in [7, 11) is 0. The van der Waals surface area contributed by atoms with Gasteiger partial charge in [-0.05, 0) is 33.6 Å². The van der Waals surface area contributed by atoms with E-state index in [0.717, 1.165) is 20.2 Å². The van der Waals surface area contributed by atoms with Crippen molar-refractivity contribution >= 4 is 60.8 Å². The second-order valence-electron chi connectivity index (χ2n) is 7.33. The van der Waals surface area contributed by atoms with E-state index in [2.05, 4.69) is 31.9 Å². The molecule has 0 atom stereocenters. The maximum absolute atomic E-state index is 13.3. The summed E-state index contributed by atoms with van der Waals surface area (Å²) in [6.07, 6.45) is 0.507. The molecule has 0 radical (unpaired) electrons. The molecule has 0 saturated heterocycles. The largest absolute Gasteiger partial charge is 0.507 e. The Hall–Kier alpha value is -2.81. The van der Waals surface area contributed by atoms with Gasteiger partial charge in [0.1, 0.15) is 17.1 Å². The zero-order chi connectivity index (χ0) is 23.0. The first-order valence-corrected chi connectivity index (χ1v) is 11.4. The van der Waals surface area contributed by atoms with Gasteiger partial charge in [0.25, 0.3) is 0 Å². The van der Waals surface area contributed by atoms with Gasteiger partial charge in [-0.2, -0.15) is 0 Å². The Balaban J connectivity index is 1.75. The first kappa shape index (κ1) is 22.4. The van der Waals surface area contributed by atoms with Gasteiger partial charge in [-0.15, -0.1) is 0 Å². The number of carbonyl (C=O) groups is 3. The highest BCUT2D eigenvalue weighted by Gasteiger charge is 2.35. The number of phenolic OH excluding ortho intramolecular Hbond substituents is 1. The first-order valence-electron chi connectivity index (χ1n) is 9.78. The third-order valence-corrected chi connectivity index (χ3v) is 6.66. The van der Waals surface area contributed by atoms with E-state index < -0.39 is 0 Å². The second-order valence-corrected chi connectivity index (χ2v) is 9.04. The van der Waals surface area contributed by atoms with Crippen LogP contribution in [0.25, 0.3) is 0 Å². The van der Waals surface area contributed by atoms with Gasteiger partial charge in [0, 0.05) is 41.1 Å². The molecule has 0 spiro atoms. The van der Waals surface area contributed by atoms with Crippen molar-refractivity contribution in [1.82, 2.24) is 0 Å². The topological polar surface area (TPSA) is 97.3 Å². The zero-order valence-electron chi connectivity index (χ0n) is 16.9.